The van der Waals surface area contributed by atoms with Crippen LogP contribution in [-0.2, 0) is 14.3 Å². The van der Waals surface area contributed by atoms with E-state index in [2.05, 4.69) is 0 Å². The second-order valence-corrected chi connectivity index (χ2v) is 4.16. The van der Waals surface area contributed by atoms with Crippen molar-refractivity contribution in [2.45, 2.75) is 44.2 Å². The van der Waals surface area contributed by atoms with Gasteiger partial charge in [-0.2, -0.15) is 0 Å². The Balaban J connectivity index is 2.83. The summed E-state index contributed by atoms with van der Waals surface area (Å²) in [6, 6.07) is 0. The molecule has 0 spiro atoms. The molecule has 0 radical (unpaired) electrons. The Bertz CT molecular complexity index is 259. The van der Waals surface area contributed by atoms with Crippen LogP contribution in [0.5, 0.6) is 0 Å². The first kappa shape index (κ1) is 13.0. The molecule has 5 heteroatoms. The third-order valence-electron chi connectivity index (χ3n) is 3.51. The molecule has 1 fully saturated rings. The highest BCUT2D eigenvalue weighted by atomic mass is 16.5. The van der Waals surface area contributed by atoms with Crippen molar-refractivity contribution < 1.29 is 19.4 Å². The lowest BCUT2D eigenvalue weighted by Gasteiger charge is -2.42. The molecule has 1 aliphatic carbocycles. The number of methoxy groups -OCH3 is 1. The Hall–Kier alpha value is -1.10. The molecule has 1 rings (SSSR count). The maximum absolute atomic E-state index is 11.4. The number of ether oxygens (including phenoxy) is 1. The third-order valence-corrected chi connectivity index (χ3v) is 3.51. The molecule has 0 atom stereocenters. The number of carbonyl (C=O) groups excluding carboxylic acids is 1. The summed E-state index contributed by atoms with van der Waals surface area (Å²) < 4.78 is 5.21. The predicted octanol–water partition coefficient (Wildman–Crippen LogP) is 0.877. The largest absolute Gasteiger partial charge is 0.479 e. The van der Waals surface area contributed by atoms with Crippen molar-refractivity contribution in [1.82, 2.24) is 4.90 Å². The molecule has 1 amide bonds. The van der Waals surface area contributed by atoms with Gasteiger partial charge in [-0.15, -0.1) is 0 Å². The van der Waals surface area contributed by atoms with Gasteiger partial charge in [0.1, 0.15) is 5.54 Å². The lowest BCUT2D eigenvalue weighted by atomic mass is 9.79. The fourth-order valence-electron chi connectivity index (χ4n) is 2.41. The van der Waals surface area contributed by atoms with Gasteiger partial charge in [-0.1, -0.05) is 0 Å². The van der Waals surface area contributed by atoms with Crippen LogP contribution in [-0.4, -0.2) is 47.7 Å². The Kier molecular flexibility index (Phi) is 4.29. The van der Waals surface area contributed by atoms with Crippen molar-refractivity contribution in [2.24, 2.45) is 0 Å². The maximum Gasteiger partial charge on any atom is 0.329 e. The summed E-state index contributed by atoms with van der Waals surface area (Å²) in [7, 11) is 1.63. The van der Waals surface area contributed by atoms with E-state index < -0.39 is 11.5 Å². The van der Waals surface area contributed by atoms with Crippen molar-refractivity contribution in [3.8, 4) is 0 Å². The molecule has 0 heterocycles. The van der Waals surface area contributed by atoms with Crippen LogP contribution in [0.1, 0.15) is 32.6 Å². The minimum Gasteiger partial charge on any atom is -0.479 e. The van der Waals surface area contributed by atoms with E-state index in [1.807, 2.05) is 0 Å². The first-order valence-electron chi connectivity index (χ1n) is 5.59. The molecule has 0 unspecified atom stereocenters. The van der Waals surface area contributed by atoms with Gasteiger partial charge in [0, 0.05) is 13.7 Å². The first-order valence-corrected chi connectivity index (χ1v) is 5.59. The van der Waals surface area contributed by atoms with Gasteiger partial charge in [0.2, 0.25) is 6.41 Å². The van der Waals surface area contributed by atoms with E-state index in [9.17, 15) is 14.7 Å². The molecule has 0 saturated heterocycles. The average Bonchev–Trinajstić information content (AvgIpc) is 2.31. The van der Waals surface area contributed by atoms with Gasteiger partial charge in [0.05, 0.1) is 6.10 Å². The van der Waals surface area contributed by atoms with E-state index in [1.165, 1.54) is 4.90 Å². The molecule has 0 aromatic carbocycles. The van der Waals surface area contributed by atoms with Crippen molar-refractivity contribution in [1.29, 1.82) is 0 Å². The fourth-order valence-corrected chi connectivity index (χ4v) is 2.41. The fraction of sp³-hybridized carbons (Fsp3) is 0.818. The van der Waals surface area contributed by atoms with E-state index >= 15 is 0 Å². The first-order chi connectivity index (χ1) is 7.60. The van der Waals surface area contributed by atoms with Gasteiger partial charge >= 0.3 is 5.97 Å². The molecule has 16 heavy (non-hydrogen) atoms. The normalized spacial score (nSPS) is 29.8. The van der Waals surface area contributed by atoms with E-state index in [0.717, 1.165) is 0 Å². The molecule has 0 aromatic heterocycles. The van der Waals surface area contributed by atoms with Crippen molar-refractivity contribution in [3.05, 3.63) is 0 Å². The summed E-state index contributed by atoms with van der Waals surface area (Å²) in [5, 5.41) is 9.34. The van der Waals surface area contributed by atoms with E-state index in [-0.39, 0.29) is 6.10 Å². The smallest absolute Gasteiger partial charge is 0.329 e. The molecule has 0 aromatic rings. The van der Waals surface area contributed by atoms with Gasteiger partial charge in [-0.25, -0.2) is 4.79 Å². The number of carbonyl (C=O) groups is 2. The third kappa shape index (κ3) is 2.19. The van der Waals surface area contributed by atoms with E-state index in [1.54, 1.807) is 14.0 Å². The summed E-state index contributed by atoms with van der Waals surface area (Å²) >= 11 is 0. The van der Waals surface area contributed by atoms with Crippen LogP contribution in [0.4, 0.5) is 0 Å². The van der Waals surface area contributed by atoms with Crippen LogP contribution < -0.4 is 0 Å². The quantitative estimate of drug-likeness (QED) is 0.710. The number of likely N-dealkylation sites (N-methyl/N-ethyl adjacent to an activating group) is 1. The minimum atomic E-state index is -1.02. The Morgan fingerprint density at radius 3 is 2.44 bits per heavy atom. The zero-order chi connectivity index (χ0) is 12.2. The maximum atomic E-state index is 11.4. The second-order valence-electron chi connectivity index (χ2n) is 4.16. The molecule has 1 N–H and O–H groups in total. The van der Waals surface area contributed by atoms with Crippen LogP contribution in [0.25, 0.3) is 0 Å². The van der Waals surface area contributed by atoms with Crippen LogP contribution in [0.15, 0.2) is 0 Å². The van der Waals surface area contributed by atoms with E-state index in [0.29, 0.717) is 38.6 Å². The number of hydrogen-bond acceptors (Lipinski definition) is 3. The number of amides is 1. The highest BCUT2D eigenvalue weighted by Crippen LogP contribution is 2.34. The summed E-state index contributed by atoms with van der Waals surface area (Å²) in [4.78, 5) is 23.7. The van der Waals surface area contributed by atoms with Crippen molar-refractivity contribution in [2.75, 3.05) is 13.7 Å². The second kappa shape index (κ2) is 5.30. The molecule has 0 bridgehead atoms. The van der Waals surface area contributed by atoms with Gasteiger partial charge < -0.3 is 14.7 Å². The average molecular weight is 229 g/mol. The van der Waals surface area contributed by atoms with E-state index in [4.69, 9.17) is 4.74 Å². The van der Waals surface area contributed by atoms with Gasteiger partial charge in [-0.05, 0) is 32.6 Å². The summed E-state index contributed by atoms with van der Waals surface area (Å²) in [5.41, 5.74) is -1.02. The number of rotatable bonds is 5. The predicted molar refractivity (Wildman–Crippen MR) is 58.1 cm³/mol. The zero-order valence-electron chi connectivity index (χ0n) is 9.81. The lowest BCUT2D eigenvalue weighted by molar-refractivity contribution is -0.159. The summed E-state index contributed by atoms with van der Waals surface area (Å²) in [5.74, 6) is -0.906. The molecule has 5 nitrogen and oxygen atoms in total. The number of carboxylic acid groups (broad SMARTS) is 1. The number of carboxylic acids is 1. The number of nitrogens with zero attached hydrogens (tertiary/aromatic N) is 1. The Labute approximate surface area is 95.4 Å². The van der Waals surface area contributed by atoms with Crippen LogP contribution in [0.3, 0.4) is 0 Å². The van der Waals surface area contributed by atoms with Gasteiger partial charge in [-0.3, -0.25) is 4.79 Å². The standard InChI is InChI=1S/C11H19NO4/c1-3-12(8-13)11(10(14)15)6-4-9(16-2)5-7-11/h8-9H,3-7H2,1-2H3,(H,14,15). The summed E-state index contributed by atoms with van der Waals surface area (Å²) in [6.07, 6.45) is 3.07. The number of hydrogen-bond donors (Lipinski definition) is 1. The van der Waals surface area contributed by atoms with Gasteiger partial charge in [0.25, 0.3) is 0 Å². The van der Waals surface area contributed by atoms with Gasteiger partial charge in [0.15, 0.2) is 0 Å². The van der Waals surface area contributed by atoms with Crippen LogP contribution in [0.2, 0.25) is 0 Å². The molecule has 1 saturated carbocycles. The molecule has 92 valence electrons. The van der Waals surface area contributed by atoms with Crippen molar-refractivity contribution >= 4 is 12.4 Å². The number of aliphatic carboxylic acids is 1. The monoisotopic (exact) mass is 229 g/mol. The summed E-state index contributed by atoms with van der Waals surface area (Å²) in [6.45, 7) is 2.22. The molecular weight excluding hydrogens is 210 g/mol. The van der Waals surface area contributed by atoms with Crippen LogP contribution >= 0.6 is 0 Å². The van der Waals surface area contributed by atoms with Crippen LogP contribution in [0, 0.1) is 0 Å². The molecular formula is C11H19NO4. The zero-order valence-corrected chi connectivity index (χ0v) is 9.81. The Morgan fingerprint density at radius 2 is 2.12 bits per heavy atom. The SMILES string of the molecule is CCN(C=O)C1(C(=O)O)CCC(OC)CC1. The lowest BCUT2D eigenvalue weighted by Crippen LogP contribution is -2.56. The van der Waals surface area contributed by atoms with Crippen molar-refractivity contribution in [3.63, 3.8) is 0 Å². The highest BCUT2D eigenvalue weighted by Gasteiger charge is 2.46. The topological polar surface area (TPSA) is 66.8 Å². The highest BCUT2D eigenvalue weighted by molar-refractivity contribution is 5.81. The minimum absolute atomic E-state index is 0.123. The molecule has 0 aliphatic heterocycles. The molecule has 1 aliphatic rings. The Morgan fingerprint density at radius 1 is 1.56 bits per heavy atom.